The van der Waals surface area contributed by atoms with E-state index in [0.717, 1.165) is 19.2 Å². The second-order valence-electron chi connectivity index (χ2n) is 3.57. The van der Waals surface area contributed by atoms with Gasteiger partial charge < -0.3 is 5.73 Å². The Kier molecular flexibility index (Phi) is 3.70. The minimum absolute atomic E-state index is 0.102. The Balaban J connectivity index is 2.41. The summed E-state index contributed by atoms with van der Waals surface area (Å²) in [6, 6.07) is 9.84. The molecule has 2 aromatic rings. The van der Waals surface area contributed by atoms with Gasteiger partial charge in [0.1, 0.15) is 0 Å². The molecular weight excluding hydrogens is 306 g/mol. The van der Waals surface area contributed by atoms with Crippen LogP contribution in [0.2, 0.25) is 4.34 Å². The van der Waals surface area contributed by atoms with Crippen LogP contribution in [0.5, 0.6) is 0 Å². The second-order valence-corrected chi connectivity index (χ2v) is 6.17. The average molecular weight is 317 g/mol. The summed E-state index contributed by atoms with van der Waals surface area (Å²) < 4.78 is 1.86. The zero-order chi connectivity index (χ0) is 11.7. The molecule has 0 aliphatic rings. The van der Waals surface area contributed by atoms with E-state index in [-0.39, 0.29) is 6.04 Å². The van der Waals surface area contributed by atoms with E-state index >= 15 is 0 Å². The first-order chi connectivity index (χ1) is 7.59. The molecule has 84 valence electrons. The van der Waals surface area contributed by atoms with Gasteiger partial charge in [0.05, 0.1) is 10.4 Å². The molecule has 1 unspecified atom stereocenters. The summed E-state index contributed by atoms with van der Waals surface area (Å²) in [4.78, 5) is 1.09. The zero-order valence-corrected chi connectivity index (χ0v) is 11.9. The molecule has 0 spiro atoms. The number of benzene rings is 1. The van der Waals surface area contributed by atoms with Crippen molar-refractivity contribution in [2.45, 2.75) is 13.0 Å². The van der Waals surface area contributed by atoms with E-state index in [4.69, 9.17) is 17.3 Å². The van der Waals surface area contributed by atoms with Crippen molar-refractivity contribution in [2.75, 3.05) is 0 Å². The molecule has 1 nitrogen and oxygen atoms in total. The lowest BCUT2D eigenvalue weighted by Crippen LogP contribution is -2.11. The number of thiophene rings is 1. The van der Waals surface area contributed by atoms with Crippen molar-refractivity contribution in [3.8, 4) is 0 Å². The van der Waals surface area contributed by atoms with Crippen LogP contribution in [-0.2, 0) is 0 Å². The minimum atomic E-state index is -0.102. The molecule has 16 heavy (non-hydrogen) atoms. The average Bonchev–Trinajstić information content (AvgIpc) is 2.68. The third-order valence-electron chi connectivity index (χ3n) is 2.55. The minimum Gasteiger partial charge on any atom is -0.320 e. The summed E-state index contributed by atoms with van der Waals surface area (Å²) in [5, 5.41) is 0. The van der Waals surface area contributed by atoms with Crippen LogP contribution in [0, 0.1) is 6.92 Å². The molecule has 4 heteroatoms. The molecule has 2 N–H and O–H groups in total. The first-order valence-electron chi connectivity index (χ1n) is 4.85. The van der Waals surface area contributed by atoms with Crippen molar-refractivity contribution < 1.29 is 0 Å². The highest BCUT2D eigenvalue weighted by Gasteiger charge is 2.14. The molecule has 1 atom stereocenters. The number of halogens is 2. The van der Waals surface area contributed by atoms with E-state index in [0.29, 0.717) is 0 Å². The highest BCUT2D eigenvalue weighted by atomic mass is 79.9. The molecule has 0 saturated heterocycles. The quantitative estimate of drug-likeness (QED) is 0.866. The van der Waals surface area contributed by atoms with E-state index < -0.39 is 0 Å². The number of hydrogen-bond acceptors (Lipinski definition) is 2. The largest absolute Gasteiger partial charge is 0.320 e. The number of rotatable bonds is 2. The smallest absolute Gasteiger partial charge is 0.0931 e. The van der Waals surface area contributed by atoms with Crippen molar-refractivity contribution in [3.05, 3.63) is 55.1 Å². The lowest BCUT2D eigenvalue weighted by atomic mass is 10.0. The van der Waals surface area contributed by atoms with Gasteiger partial charge in [-0.1, -0.05) is 39.7 Å². The highest BCUT2D eigenvalue weighted by Crippen LogP contribution is 2.32. The van der Waals surface area contributed by atoms with Crippen LogP contribution in [-0.4, -0.2) is 0 Å². The van der Waals surface area contributed by atoms with Gasteiger partial charge >= 0.3 is 0 Å². The summed E-state index contributed by atoms with van der Waals surface area (Å²) in [5.74, 6) is 0. The Hall–Kier alpha value is -0.350. The van der Waals surface area contributed by atoms with Gasteiger partial charge in [-0.3, -0.25) is 0 Å². The van der Waals surface area contributed by atoms with Gasteiger partial charge in [-0.2, -0.15) is 0 Å². The number of nitrogens with two attached hydrogens (primary N) is 1. The molecule has 0 fully saturated rings. The Bertz CT molecular complexity index is 509. The fourth-order valence-electron chi connectivity index (χ4n) is 1.61. The van der Waals surface area contributed by atoms with Gasteiger partial charge in [0.2, 0.25) is 0 Å². The molecule has 0 aliphatic heterocycles. The summed E-state index contributed by atoms with van der Waals surface area (Å²) >= 11 is 11.0. The maximum atomic E-state index is 6.23. The molecule has 1 aromatic heterocycles. The maximum absolute atomic E-state index is 6.23. The Morgan fingerprint density at radius 3 is 2.69 bits per heavy atom. The van der Waals surface area contributed by atoms with Gasteiger partial charge in [-0.25, -0.2) is 0 Å². The SMILES string of the molecule is Cc1c(Br)cccc1C(N)c1ccc(Cl)s1. The predicted molar refractivity (Wildman–Crippen MR) is 74.2 cm³/mol. The maximum Gasteiger partial charge on any atom is 0.0931 e. The van der Waals surface area contributed by atoms with Crippen LogP contribution in [0.15, 0.2) is 34.8 Å². The van der Waals surface area contributed by atoms with Crippen molar-refractivity contribution in [1.82, 2.24) is 0 Å². The van der Waals surface area contributed by atoms with Gasteiger partial charge in [-0.05, 0) is 36.2 Å². The zero-order valence-electron chi connectivity index (χ0n) is 8.71. The summed E-state index contributed by atoms with van der Waals surface area (Å²) in [5.41, 5.74) is 8.54. The summed E-state index contributed by atoms with van der Waals surface area (Å²) in [7, 11) is 0. The van der Waals surface area contributed by atoms with Crippen LogP contribution >= 0.6 is 38.9 Å². The standard InChI is InChI=1S/C12H11BrClNS/c1-7-8(3-2-4-9(7)13)12(15)10-5-6-11(14)16-10/h2-6,12H,15H2,1H3. The first kappa shape index (κ1) is 12.1. The molecule has 1 heterocycles. The van der Waals surface area contributed by atoms with E-state index in [1.54, 1.807) is 0 Å². The fraction of sp³-hybridized carbons (Fsp3) is 0.167. The molecule has 0 aliphatic carbocycles. The number of hydrogen-bond donors (Lipinski definition) is 1. The van der Waals surface area contributed by atoms with Gasteiger partial charge in [0, 0.05) is 9.35 Å². The third kappa shape index (κ3) is 2.33. The molecule has 1 aromatic carbocycles. The predicted octanol–water partition coefficient (Wildman–Crippen LogP) is 4.52. The van der Waals surface area contributed by atoms with Crippen LogP contribution in [0.1, 0.15) is 22.0 Å². The van der Waals surface area contributed by atoms with Crippen molar-refractivity contribution in [2.24, 2.45) is 5.73 Å². The highest BCUT2D eigenvalue weighted by molar-refractivity contribution is 9.10. The first-order valence-corrected chi connectivity index (χ1v) is 6.84. The Labute approximate surface area is 112 Å². The van der Waals surface area contributed by atoms with E-state index in [1.807, 2.05) is 24.3 Å². The van der Waals surface area contributed by atoms with Crippen molar-refractivity contribution >= 4 is 38.9 Å². The van der Waals surface area contributed by atoms with Gasteiger partial charge in [-0.15, -0.1) is 11.3 Å². The van der Waals surface area contributed by atoms with E-state index in [9.17, 15) is 0 Å². The third-order valence-corrected chi connectivity index (χ3v) is 4.72. The van der Waals surface area contributed by atoms with Crippen molar-refractivity contribution in [3.63, 3.8) is 0 Å². The second kappa shape index (κ2) is 4.88. The molecule has 0 amide bonds. The topological polar surface area (TPSA) is 26.0 Å². The normalized spacial score (nSPS) is 12.8. The Morgan fingerprint density at radius 1 is 1.31 bits per heavy atom. The molecule has 0 saturated carbocycles. The van der Waals surface area contributed by atoms with E-state index in [2.05, 4.69) is 28.9 Å². The van der Waals surface area contributed by atoms with Gasteiger partial charge in [0.25, 0.3) is 0 Å². The summed E-state index contributed by atoms with van der Waals surface area (Å²) in [6.07, 6.45) is 0. The molecular formula is C12H11BrClNS. The van der Waals surface area contributed by atoms with Crippen LogP contribution in [0.4, 0.5) is 0 Å². The Morgan fingerprint density at radius 2 is 2.06 bits per heavy atom. The van der Waals surface area contributed by atoms with Gasteiger partial charge in [0.15, 0.2) is 0 Å². The molecule has 2 rings (SSSR count). The molecule has 0 radical (unpaired) electrons. The van der Waals surface area contributed by atoms with Crippen molar-refractivity contribution in [1.29, 1.82) is 0 Å². The molecule has 0 bridgehead atoms. The van der Waals surface area contributed by atoms with E-state index in [1.165, 1.54) is 16.9 Å². The fourth-order valence-corrected chi connectivity index (χ4v) is 3.07. The lowest BCUT2D eigenvalue weighted by molar-refractivity contribution is 0.881. The van der Waals surface area contributed by atoms with Crippen LogP contribution in [0.25, 0.3) is 0 Å². The van der Waals surface area contributed by atoms with Crippen LogP contribution in [0.3, 0.4) is 0 Å². The van der Waals surface area contributed by atoms with Crippen LogP contribution < -0.4 is 5.73 Å². The summed E-state index contributed by atoms with van der Waals surface area (Å²) in [6.45, 7) is 2.06. The lowest BCUT2D eigenvalue weighted by Gasteiger charge is -2.14. The monoisotopic (exact) mass is 315 g/mol.